The second-order valence-corrected chi connectivity index (χ2v) is 6.13. The highest BCUT2D eigenvalue weighted by Crippen LogP contribution is 2.32. The molecule has 0 saturated heterocycles. The fraction of sp³-hybridized carbons (Fsp3) is 0.286. The molecule has 7 heteroatoms. The molecule has 0 aliphatic heterocycles. The highest BCUT2D eigenvalue weighted by molar-refractivity contribution is 7.87. The molecule has 1 aliphatic carbocycles. The van der Waals surface area contributed by atoms with Gasteiger partial charge in [-0.3, -0.25) is 0 Å². The number of alkyl halides is 3. The van der Waals surface area contributed by atoms with E-state index in [1.807, 2.05) is 42.5 Å². The lowest BCUT2D eigenvalue weighted by molar-refractivity contribution is -0.0522. The van der Waals surface area contributed by atoms with Crippen molar-refractivity contribution < 1.29 is 25.8 Å². The molecule has 1 aromatic carbocycles. The molecule has 1 atom stereocenters. The van der Waals surface area contributed by atoms with Crippen molar-refractivity contribution in [3.05, 3.63) is 53.8 Å². The zero-order valence-corrected chi connectivity index (χ0v) is 11.7. The van der Waals surface area contributed by atoms with Crippen LogP contribution in [0.25, 0.3) is 6.08 Å². The molecule has 1 unspecified atom stereocenters. The number of allylic oxidation sites excluding steroid dienone is 3. The molecule has 1 aromatic rings. The highest BCUT2D eigenvalue weighted by atomic mass is 32.2. The SMILES string of the molecule is O=S(=O)(OC1=CC(/C=C\c2ccccc2)CC1)C(F)(F)F. The number of hydrogen-bond donors (Lipinski definition) is 0. The first kappa shape index (κ1) is 15.6. The quantitative estimate of drug-likeness (QED) is 0.625. The largest absolute Gasteiger partial charge is 0.534 e. The molecule has 0 amide bonds. The van der Waals surface area contributed by atoms with Gasteiger partial charge in [0.25, 0.3) is 0 Å². The van der Waals surface area contributed by atoms with E-state index in [-0.39, 0.29) is 18.1 Å². The van der Waals surface area contributed by atoms with Gasteiger partial charge in [-0.05, 0) is 24.0 Å². The second kappa shape index (κ2) is 5.93. The first-order chi connectivity index (χ1) is 9.78. The van der Waals surface area contributed by atoms with E-state index in [1.54, 1.807) is 0 Å². The Hall–Kier alpha value is -1.76. The number of benzene rings is 1. The van der Waals surface area contributed by atoms with Crippen LogP contribution in [-0.4, -0.2) is 13.9 Å². The maximum Gasteiger partial charge on any atom is 0.534 e. The lowest BCUT2D eigenvalue weighted by Gasteiger charge is -2.09. The fourth-order valence-corrected chi connectivity index (χ4v) is 2.44. The predicted molar refractivity (Wildman–Crippen MR) is 72.3 cm³/mol. The third-order valence-corrected chi connectivity index (χ3v) is 3.96. The van der Waals surface area contributed by atoms with Crippen molar-refractivity contribution in [2.75, 3.05) is 0 Å². The molecule has 0 radical (unpaired) electrons. The number of halogens is 3. The van der Waals surface area contributed by atoms with Crippen molar-refractivity contribution in [3.8, 4) is 0 Å². The number of hydrogen-bond acceptors (Lipinski definition) is 3. The van der Waals surface area contributed by atoms with Gasteiger partial charge in [0.2, 0.25) is 0 Å². The summed E-state index contributed by atoms with van der Waals surface area (Å²) < 4.78 is 62.5. The molecule has 3 nitrogen and oxygen atoms in total. The van der Waals surface area contributed by atoms with Crippen molar-refractivity contribution in [1.29, 1.82) is 0 Å². The fourth-order valence-electron chi connectivity index (χ4n) is 1.92. The molecule has 0 bridgehead atoms. The van der Waals surface area contributed by atoms with Gasteiger partial charge in [-0.1, -0.05) is 42.5 Å². The average Bonchev–Trinajstić information content (AvgIpc) is 2.83. The standard InChI is InChI=1S/C14H13F3O3S/c15-14(16,17)21(18,19)20-13-9-8-12(10-13)7-6-11-4-2-1-3-5-11/h1-7,10,12H,8-9H2/b7-6-. The molecule has 1 aliphatic rings. The third kappa shape index (κ3) is 4.10. The maximum absolute atomic E-state index is 12.2. The Kier molecular flexibility index (Phi) is 4.41. The Bertz CT molecular complexity index is 646. The Morgan fingerprint density at radius 3 is 2.48 bits per heavy atom. The predicted octanol–water partition coefficient (Wildman–Crippen LogP) is 3.86. The Morgan fingerprint density at radius 1 is 1.19 bits per heavy atom. The summed E-state index contributed by atoms with van der Waals surface area (Å²) in [4.78, 5) is 0. The van der Waals surface area contributed by atoms with Crippen LogP contribution < -0.4 is 0 Å². The van der Waals surface area contributed by atoms with Crippen LogP contribution in [0, 0.1) is 5.92 Å². The lowest BCUT2D eigenvalue weighted by atomic mass is 10.1. The highest BCUT2D eigenvalue weighted by Gasteiger charge is 2.49. The third-order valence-electron chi connectivity index (χ3n) is 2.96. The summed E-state index contributed by atoms with van der Waals surface area (Å²) >= 11 is 0. The van der Waals surface area contributed by atoms with Crippen molar-refractivity contribution in [2.45, 2.75) is 18.3 Å². The Balaban J connectivity index is 2.02. The van der Waals surface area contributed by atoms with Crippen LogP contribution in [0.15, 0.2) is 48.2 Å². The van der Waals surface area contributed by atoms with E-state index in [2.05, 4.69) is 4.18 Å². The van der Waals surface area contributed by atoms with Crippen LogP contribution in [0.1, 0.15) is 18.4 Å². The molecule has 2 rings (SSSR count). The van der Waals surface area contributed by atoms with Crippen LogP contribution in [0.2, 0.25) is 0 Å². The number of rotatable bonds is 4. The Morgan fingerprint density at radius 2 is 1.86 bits per heavy atom. The van der Waals surface area contributed by atoms with Crippen molar-refractivity contribution >= 4 is 16.2 Å². The zero-order chi connectivity index (χ0) is 15.5. The minimum atomic E-state index is -5.56. The lowest BCUT2D eigenvalue weighted by Crippen LogP contribution is -2.25. The van der Waals surface area contributed by atoms with Crippen LogP contribution >= 0.6 is 0 Å². The van der Waals surface area contributed by atoms with Gasteiger partial charge in [0.05, 0.1) is 0 Å². The van der Waals surface area contributed by atoms with Crippen LogP contribution in [0.5, 0.6) is 0 Å². The smallest absolute Gasteiger partial charge is 0.381 e. The monoisotopic (exact) mass is 318 g/mol. The molecule has 0 heterocycles. The summed E-state index contributed by atoms with van der Waals surface area (Å²) in [6.07, 6.45) is 5.74. The van der Waals surface area contributed by atoms with E-state index in [4.69, 9.17) is 0 Å². The summed E-state index contributed by atoms with van der Waals surface area (Å²) in [7, 11) is -5.56. The molecule has 0 saturated carbocycles. The van der Waals surface area contributed by atoms with Crippen LogP contribution in [0.3, 0.4) is 0 Å². The van der Waals surface area contributed by atoms with E-state index in [1.165, 1.54) is 6.08 Å². The molecule has 0 spiro atoms. The normalized spacial score (nSPS) is 19.8. The minimum absolute atomic E-state index is 0.136. The van der Waals surface area contributed by atoms with Gasteiger partial charge < -0.3 is 4.18 Å². The van der Waals surface area contributed by atoms with E-state index in [0.717, 1.165) is 5.56 Å². The van der Waals surface area contributed by atoms with Gasteiger partial charge in [-0.25, -0.2) is 0 Å². The first-order valence-electron chi connectivity index (χ1n) is 6.23. The molecular formula is C14H13F3O3S. The minimum Gasteiger partial charge on any atom is -0.381 e. The Labute approximate surface area is 120 Å². The average molecular weight is 318 g/mol. The van der Waals surface area contributed by atoms with Crippen LogP contribution in [-0.2, 0) is 14.3 Å². The van der Waals surface area contributed by atoms with Crippen molar-refractivity contribution in [1.82, 2.24) is 0 Å². The summed E-state index contributed by atoms with van der Waals surface area (Å²) in [6, 6.07) is 9.39. The van der Waals surface area contributed by atoms with Gasteiger partial charge in [0, 0.05) is 6.42 Å². The van der Waals surface area contributed by atoms with Crippen molar-refractivity contribution in [2.24, 2.45) is 5.92 Å². The van der Waals surface area contributed by atoms with Gasteiger partial charge in [-0.2, -0.15) is 21.6 Å². The summed E-state index contributed by atoms with van der Waals surface area (Å²) in [5.74, 6) is -0.293. The molecule has 0 N–H and O–H groups in total. The summed E-state index contributed by atoms with van der Waals surface area (Å²) in [5.41, 5.74) is -4.44. The molecular weight excluding hydrogens is 305 g/mol. The molecule has 0 fully saturated rings. The van der Waals surface area contributed by atoms with Gasteiger partial charge in [0.15, 0.2) is 0 Å². The summed E-state index contributed by atoms with van der Waals surface area (Å²) in [5, 5.41) is 0. The van der Waals surface area contributed by atoms with E-state index in [0.29, 0.717) is 6.42 Å². The second-order valence-electron chi connectivity index (χ2n) is 4.59. The van der Waals surface area contributed by atoms with E-state index in [9.17, 15) is 21.6 Å². The molecule has 114 valence electrons. The van der Waals surface area contributed by atoms with Crippen LogP contribution in [0.4, 0.5) is 13.2 Å². The zero-order valence-electron chi connectivity index (χ0n) is 10.9. The van der Waals surface area contributed by atoms with Gasteiger partial charge in [-0.15, -0.1) is 0 Å². The topological polar surface area (TPSA) is 43.4 Å². The van der Waals surface area contributed by atoms with E-state index >= 15 is 0 Å². The van der Waals surface area contributed by atoms with Crippen molar-refractivity contribution in [3.63, 3.8) is 0 Å². The summed E-state index contributed by atoms with van der Waals surface area (Å²) in [6.45, 7) is 0. The molecule has 0 aromatic heterocycles. The van der Waals surface area contributed by atoms with Gasteiger partial charge >= 0.3 is 15.6 Å². The van der Waals surface area contributed by atoms with Gasteiger partial charge in [0.1, 0.15) is 5.76 Å². The maximum atomic E-state index is 12.2. The first-order valence-corrected chi connectivity index (χ1v) is 7.63. The van der Waals surface area contributed by atoms with E-state index < -0.39 is 15.6 Å². The molecule has 21 heavy (non-hydrogen) atoms.